The van der Waals surface area contributed by atoms with Gasteiger partial charge in [0.1, 0.15) is 0 Å². The van der Waals surface area contributed by atoms with Crippen LogP contribution in [0.4, 0.5) is 0 Å². The van der Waals surface area contributed by atoms with E-state index in [2.05, 4.69) is 177 Å². The van der Waals surface area contributed by atoms with Crippen molar-refractivity contribution < 1.29 is 0 Å². The number of aromatic nitrogens is 3. The predicted molar refractivity (Wildman–Crippen MR) is 189 cm³/mol. The van der Waals surface area contributed by atoms with Gasteiger partial charge in [-0.25, -0.2) is 0 Å². The van der Waals surface area contributed by atoms with Crippen LogP contribution in [0.2, 0.25) is 0 Å². The van der Waals surface area contributed by atoms with Gasteiger partial charge in [-0.15, -0.1) is 0 Å². The minimum Gasteiger partial charge on any atom is -0.309 e. The van der Waals surface area contributed by atoms with Crippen LogP contribution < -0.4 is 0 Å². The van der Waals surface area contributed by atoms with Crippen LogP contribution >= 0.6 is 0 Å². The molecule has 0 saturated heterocycles. The van der Waals surface area contributed by atoms with Crippen molar-refractivity contribution in [1.29, 1.82) is 0 Å². The average molecular weight is 574 g/mol. The molecule has 0 aliphatic carbocycles. The van der Waals surface area contributed by atoms with Gasteiger partial charge in [0.2, 0.25) is 0 Å². The Labute approximate surface area is 259 Å². The van der Waals surface area contributed by atoms with Crippen LogP contribution in [0, 0.1) is 0 Å². The normalized spacial score (nSPS) is 12.0. The van der Waals surface area contributed by atoms with Gasteiger partial charge in [-0.05, 0) is 66.7 Å². The van der Waals surface area contributed by atoms with Crippen LogP contribution in [-0.4, -0.2) is 13.7 Å². The quantitative estimate of drug-likeness (QED) is 0.200. The van der Waals surface area contributed by atoms with Gasteiger partial charge in [-0.3, -0.25) is 0 Å². The van der Waals surface area contributed by atoms with Gasteiger partial charge in [0, 0.05) is 43.7 Å². The molecule has 7 aromatic carbocycles. The minimum absolute atomic E-state index is 1.17. The van der Waals surface area contributed by atoms with Crippen LogP contribution in [0.1, 0.15) is 0 Å². The lowest BCUT2D eigenvalue weighted by Gasteiger charge is -2.12. The van der Waals surface area contributed by atoms with Crippen LogP contribution in [0.5, 0.6) is 0 Å². The molecule has 210 valence electrons. The number of hydrogen-bond donors (Lipinski definition) is 0. The SMILES string of the molecule is c1ccc(-n2c3ccccc3c3cc4c(cc32)c2ccccc2n4-c2cccc3c2c2ccccc2n3-c2ccccc2)cc1. The molecule has 10 aromatic rings. The van der Waals surface area contributed by atoms with E-state index in [1.165, 1.54) is 82.5 Å². The summed E-state index contributed by atoms with van der Waals surface area (Å²) in [6.45, 7) is 0. The van der Waals surface area contributed by atoms with Crippen LogP contribution in [0.15, 0.2) is 164 Å². The molecular weight excluding hydrogens is 546 g/mol. The lowest BCUT2D eigenvalue weighted by molar-refractivity contribution is 1.17. The number of benzene rings is 7. The van der Waals surface area contributed by atoms with E-state index in [9.17, 15) is 0 Å². The first-order valence-electron chi connectivity index (χ1n) is 15.5. The third-order valence-electron chi connectivity index (χ3n) is 9.41. The van der Waals surface area contributed by atoms with Gasteiger partial charge in [-0.2, -0.15) is 0 Å². The topological polar surface area (TPSA) is 14.8 Å². The highest BCUT2D eigenvalue weighted by Gasteiger charge is 2.21. The fraction of sp³-hybridized carbons (Fsp3) is 0. The standard InChI is InChI=1S/C42H27N3/c1-3-14-28(15-4-1)43-37-23-12-9-20-32(37)42-38(43)24-13-25-39(42)45-36-22-11-8-19-31(36)34-26-40-33(27-41(34)45)30-18-7-10-21-35(30)44(40)29-16-5-2-6-17-29/h1-27H. The maximum Gasteiger partial charge on any atom is 0.0562 e. The molecule has 0 unspecified atom stereocenters. The van der Waals surface area contributed by atoms with Crippen molar-refractivity contribution >= 4 is 65.4 Å². The molecule has 0 atom stereocenters. The first kappa shape index (κ1) is 24.4. The first-order valence-corrected chi connectivity index (χ1v) is 15.5. The molecule has 0 radical (unpaired) electrons. The molecule has 3 heteroatoms. The summed E-state index contributed by atoms with van der Waals surface area (Å²) in [6.07, 6.45) is 0. The van der Waals surface area contributed by atoms with Gasteiger partial charge < -0.3 is 13.7 Å². The number of fused-ring (bicyclic) bond motifs is 9. The van der Waals surface area contributed by atoms with Crippen molar-refractivity contribution in [2.45, 2.75) is 0 Å². The first-order chi connectivity index (χ1) is 22.4. The highest BCUT2D eigenvalue weighted by atomic mass is 15.0. The molecule has 0 N–H and O–H groups in total. The average Bonchev–Trinajstić information content (AvgIpc) is 3.73. The summed E-state index contributed by atoms with van der Waals surface area (Å²) in [5, 5.41) is 7.52. The molecule has 0 aliphatic heterocycles. The van der Waals surface area contributed by atoms with Crippen LogP contribution in [0.25, 0.3) is 82.5 Å². The second-order valence-electron chi connectivity index (χ2n) is 11.8. The Balaban J connectivity index is 1.38. The molecule has 0 saturated carbocycles. The Morgan fingerprint density at radius 2 is 0.689 bits per heavy atom. The lowest BCUT2D eigenvalue weighted by Crippen LogP contribution is -1.96. The number of rotatable bonds is 3. The van der Waals surface area contributed by atoms with Crippen LogP contribution in [0.3, 0.4) is 0 Å². The summed E-state index contributed by atoms with van der Waals surface area (Å²) < 4.78 is 7.29. The van der Waals surface area contributed by atoms with Gasteiger partial charge in [0.05, 0.1) is 38.8 Å². The Bertz CT molecular complexity index is 2740. The highest BCUT2D eigenvalue weighted by molar-refractivity contribution is 6.21. The largest absolute Gasteiger partial charge is 0.309 e. The van der Waals surface area contributed by atoms with Gasteiger partial charge in [0.15, 0.2) is 0 Å². The fourth-order valence-corrected chi connectivity index (χ4v) is 7.59. The van der Waals surface area contributed by atoms with E-state index in [1.807, 2.05) is 0 Å². The van der Waals surface area contributed by atoms with E-state index in [0.29, 0.717) is 0 Å². The molecule has 0 bridgehead atoms. The third kappa shape index (κ3) is 3.35. The zero-order valence-electron chi connectivity index (χ0n) is 24.4. The van der Waals surface area contributed by atoms with E-state index >= 15 is 0 Å². The molecule has 0 amide bonds. The van der Waals surface area contributed by atoms with Crippen molar-refractivity contribution in [2.24, 2.45) is 0 Å². The number of nitrogens with zero attached hydrogens (tertiary/aromatic N) is 3. The van der Waals surface area contributed by atoms with Gasteiger partial charge >= 0.3 is 0 Å². The third-order valence-corrected chi connectivity index (χ3v) is 9.41. The summed E-state index contributed by atoms with van der Waals surface area (Å²) in [5.41, 5.74) is 10.8. The molecule has 3 nitrogen and oxygen atoms in total. The van der Waals surface area contributed by atoms with Gasteiger partial charge in [-0.1, -0.05) is 97.1 Å². The Kier molecular flexibility index (Phi) is 5.00. The molecule has 3 heterocycles. The molecule has 10 rings (SSSR count). The Morgan fingerprint density at radius 3 is 1.29 bits per heavy atom. The maximum atomic E-state index is 2.49. The van der Waals surface area contributed by atoms with E-state index in [0.717, 1.165) is 0 Å². The van der Waals surface area contributed by atoms with Gasteiger partial charge in [0.25, 0.3) is 0 Å². The van der Waals surface area contributed by atoms with E-state index in [4.69, 9.17) is 0 Å². The molecular formula is C42H27N3. The molecule has 0 aliphatic rings. The smallest absolute Gasteiger partial charge is 0.0562 e. The van der Waals surface area contributed by atoms with E-state index < -0.39 is 0 Å². The lowest BCUT2D eigenvalue weighted by atomic mass is 10.1. The Hall–Kier alpha value is -6.06. The zero-order valence-corrected chi connectivity index (χ0v) is 24.4. The minimum atomic E-state index is 1.17. The molecule has 3 aromatic heterocycles. The highest BCUT2D eigenvalue weighted by Crippen LogP contribution is 2.42. The maximum absolute atomic E-state index is 2.49. The van der Waals surface area contributed by atoms with Crippen molar-refractivity contribution in [1.82, 2.24) is 13.7 Å². The second-order valence-corrected chi connectivity index (χ2v) is 11.8. The monoisotopic (exact) mass is 573 g/mol. The van der Waals surface area contributed by atoms with E-state index in [1.54, 1.807) is 0 Å². The van der Waals surface area contributed by atoms with Crippen LogP contribution in [-0.2, 0) is 0 Å². The fourth-order valence-electron chi connectivity index (χ4n) is 7.59. The number of hydrogen-bond acceptors (Lipinski definition) is 0. The number of para-hydroxylation sites is 5. The predicted octanol–water partition coefficient (Wildman–Crippen LogP) is 11.0. The summed E-state index contributed by atoms with van der Waals surface area (Å²) in [6, 6.07) is 59.4. The molecule has 0 fully saturated rings. The summed E-state index contributed by atoms with van der Waals surface area (Å²) >= 11 is 0. The Morgan fingerprint density at radius 1 is 0.267 bits per heavy atom. The van der Waals surface area contributed by atoms with Crippen molar-refractivity contribution in [3.63, 3.8) is 0 Å². The van der Waals surface area contributed by atoms with Crippen molar-refractivity contribution in [3.05, 3.63) is 164 Å². The summed E-state index contributed by atoms with van der Waals surface area (Å²) in [5.74, 6) is 0. The molecule has 0 spiro atoms. The van der Waals surface area contributed by atoms with Crippen molar-refractivity contribution in [2.75, 3.05) is 0 Å². The zero-order chi connectivity index (χ0) is 29.5. The summed E-state index contributed by atoms with van der Waals surface area (Å²) in [7, 11) is 0. The summed E-state index contributed by atoms with van der Waals surface area (Å²) in [4.78, 5) is 0. The van der Waals surface area contributed by atoms with E-state index in [-0.39, 0.29) is 0 Å². The van der Waals surface area contributed by atoms with Crippen molar-refractivity contribution in [3.8, 4) is 17.1 Å². The second kappa shape index (κ2) is 9.22. The molecule has 45 heavy (non-hydrogen) atoms.